The monoisotopic (exact) mass is 265 g/mol. The van der Waals surface area contributed by atoms with Crippen LogP contribution in [-0.2, 0) is 0 Å². The molecule has 0 unspecified atom stereocenters. The Hall–Kier alpha value is -1.74. The summed E-state index contributed by atoms with van der Waals surface area (Å²) in [5.74, 6) is 0.737. The molecule has 0 atom stereocenters. The highest BCUT2D eigenvalue weighted by Crippen LogP contribution is 2.35. The molecule has 0 heterocycles. The maximum Gasteiger partial charge on any atom is 0.132 e. The highest BCUT2D eigenvalue weighted by atomic mass is 35.5. The summed E-state index contributed by atoms with van der Waals surface area (Å²) in [5.41, 5.74) is 0.877. The van der Waals surface area contributed by atoms with Crippen molar-refractivity contribution in [2.45, 2.75) is 0 Å². The van der Waals surface area contributed by atoms with Gasteiger partial charge in [0.05, 0.1) is 19.2 Å². The molecule has 0 amide bonds. The highest BCUT2D eigenvalue weighted by Gasteiger charge is 2.12. The van der Waals surface area contributed by atoms with E-state index in [9.17, 15) is 4.39 Å². The second-order valence-electron chi connectivity index (χ2n) is 3.62. The summed E-state index contributed by atoms with van der Waals surface area (Å²) in [7, 11) is 3.07. The van der Waals surface area contributed by atoms with E-state index < -0.39 is 5.82 Å². The van der Waals surface area contributed by atoms with E-state index in [1.165, 1.54) is 26.4 Å². The molecule has 18 heavy (non-hydrogen) atoms. The zero-order chi connectivity index (χ0) is 13.1. The lowest BCUT2D eigenvalue weighted by molar-refractivity contribution is 0.394. The molecule has 2 rings (SSSR count). The molecular weight excluding hydrogens is 255 g/mol. The minimum absolute atomic E-state index is 0.227. The van der Waals surface area contributed by atoms with Crippen molar-refractivity contribution in [3.05, 3.63) is 47.2 Å². The maximum absolute atomic E-state index is 13.8. The van der Waals surface area contributed by atoms with E-state index in [4.69, 9.17) is 21.1 Å². The van der Waals surface area contributed by atoms with Gasteiger partial charge in [-0.1, -0.05) is 11.6 Å². The van der Waals surface area contributed by atoms with Crippen molar-refractivity contribution in [2.75, 3.05) is 14.2 Å². The second kappa shape index (κ2) is 5.27. The van der Waals surface area contributed by atoms with Gasteiger partial charge in [0, 0.05) is 17.7 Å². The van der Waals surface area contributed by atoms with Gasteiger partial charge in [0.25, 0.3) is 0 Å². The Morgan fingerprint density at radius 3 is 2.22 bits per heavy atom. The van der Waals surface area contributed by atoms with Gasteiger partial charge in [0.2, 0.25) is 0 Å². The molecule has 0 bridgehead atoms. The normalized spacial score (nSPS) is 10.2. The minimum atomic E-state index is -0.408. The molecule has 0 saturated carbocycles. The molecule has 93 valence electrons. The Morgan fingerprint density at radius 1 is 1.11 bits per heavy atom. The third-order valence-electron chi connectivity index (χ3n) is 2.54. The van der Waals surface area contributed by atoms with Crippen molar-refractivity contribution in [2.24, 2.45) is 0 Å². The summed E-state index contributed by atoms with van der Waals surface area (Å²) in [5, 5.41) is 0.227. The van der Waals surface area contributed by atoms with Crippen LogP contribution >= 0.6 is 11.6 Å². The Balaban J connectivity index is 2.63. The van der Waals surface area contributed by atoms with Gasteiger partial charge in [-0.2, -0.15) is 0 Å². The number of halogens is 2. The number of benzene rings is 2. The van der Waals surface area contributed by atoms with E-state index in [0.29, 0.717) is 17.1 Å². The van der Waals surface area contributed by atoms with Crippen LogP contribution in [-0.4, -0.2) is 14.2 Å². The lowest BCUT2D eigenvalue weighted by atomic mass is 10.0. The van der Waals surface area contributed by atoms with E-state index in [0.717, 1.165) is 0 Å². The average molecular weight is 266 g/mol. The average Bonchev–Trinajstić information content (AvgIpc) is 2.38. The van der Waals surface area contributed by atoms with Crippen LogP contribution in [0, 0.1) is 11.9 Å². The Kier molecular flexibility index (Phi) is 3.72. The molecule has 0 aliphatic rings. The Morgan fingerprint density at radius 2 is 1.72 bits per heavy atom. The highest BCUT2D eigenvalue weighted by molar-refractivity contribution is 6.33. The summed E-state index contributed by atoms with van der Waals surface area (Å²) in [6.45, 7) is 0. The quantitative estimate of drug-likeness (QED) is 0.836. The van der Waals surface area contributed by atoms with Gasteiger partial charge < -0.3 is 9.47 Å². The van der Waals surface area contributed by atoms with Crippen LogP contribution < -0.4 is 9.47 Å². The lowest BCUT2D eigenvalue weighted by Gasteiger charge is -2.10. The third kappa shape index (κ3) is 2.41. The van der Waals surface area contributed by atoms with Crippen molar-refractivity contribution in [1.29, 1.82) is 0 Å². The molecule has 2 nitrogen and oxygen atoms in total. The van der Waals surface area contributed by atoms with Crippen molar-refractivity contribution >= 4 is 11.6 Å². The first kappa shape index (κ1) is 12.7. The topological polar surface area (TPSA) is 18.5 Å². The predicted molar refractivity (Wildman–Crippen MR) is 68.8 cm³/mol. The van der Waals surface area contributed by atoms with Crippen LogP contribution in [0.15, 0.2) is 30.3 Å². The fourth-order valence-electron chi connectivity index (χ4n) is 1.66. The van der Waals surface area contributed by atoms with E-state index in [-0.39, 0.29) is 10.6 Å². The first-order valence-electron chi connectivity index (χ1n) is 5.25. The fraction of sp³-hybridized carbons (Fsp3) is 0.143. The van der Waals surface area contributed by atoms with Gasteiger partial charge in [0.15, 0.2) is 0 Å². The molecule has 0 fully saturated rings. The van der Waals surface area contributed by atoms with E-state index in [1.807, 2.05) is 0 Å². The molecular formula is C14H11ClFO2. The number of hydrogen-bond donors (Lipinski definition) is 0. The van der Waals surface area contributed by atoms with Gasteiger partial charge in [-0.25, -0.2) is 4.39 Å². The number of rotatable bonds is 3. The first-order valence-corrected chi connectivity index (χ1v) is 5.62. The first-order chi connectivity index (χ1) is 8.65. The second-order valence-corrected chi connectivity index (χ2v) is 3.99. The van der Waals surface area contributed by atoms with Crippen molar-refractivity contribution in [3.8, 4) is 22.6 Å². The molecule has 0 aromatic heterocycles. The Labute approximate surface area is 110 Å². The zero-order valence-electron chi connectivity index (χ0n) is 9.96. The standard InChI is InChI=1S/C14H11ClFO2/c1-17-10-6-9(7-11(8-10)18-2)14-12(15)4-3-5-13(14)16/h3,5-8H,1-2H3. The summed E-state index contributed by atoms with van der Waals surface area (Å²) >= 11 is 5.98. The van der Waals surface area contributed by atoms with Crippen molar-refractivity contribution < 1.29 is 13.9 Å². The summed E-state index contributed by atoms with van der Waals surface area (Å²) in [6, 6.07) is 10.6. The molecule has 1 radical (unpaired) electrons. The van der Waals surface area contributed by atoms with Gasteiger partial charge in [0.1, 0.15) is 17.3 Å². The van der Waals surface area contributed by atoms with E-state index in [1.54, 1.807) is 18.2 Å². The zero-order valence-corrected chi connectivity index (χ0v) is 10.7. The molecule has 4 heteroatoms. The van der Waals surface area contributed by atoms with Crippen molar-refractivity contribution in [3.63, 3.8) is 0 Å². The predicted octanol–water partition coefficient (Wildman–Crippen LogP) is 3.96. The third-order valence-corrected chi connectivity index (χ3v) is 2.84. The Bertz CT molecular complexity index is 527. The molecule has 0 aliphatic carbocycles. The van der Waals surface area contributed by atoms with Gasteiger partial charge in [-0.05, 0) is 29.8 Å². The van der Waals surface area contributed by atoms with Crippen LogP contribution in [0.3, 0.4) is 0 Å². The van der Waals surface area contributed by atoms with Gasteiger partial charge in [-0.3, -0.25) is 0 Å². The molecule has 2 aromatic rings. The minimum Gasteiger partial charge on any atom is -0.497 e. The van der Waals surface area contributed by atoms with Crippen molar-refractivity contribution in [1.82, 2.24) is 0 Å². The number of methoxy groups -OCH3 is 2. The summed E-state index contributed by atoms with van der Waals surface area (Å²) in [6.07, 6.45) is 0. The molecule has 0 saturated heterocycles. The number of hydrogen-bond acceptors (Lipinski definition) is 2. The van der Waals surface area contributed by atoms with E-state index in [2.05, 4.69) is 6.07 Å². The maximum atomic E-state index is 13.8. The summed E-state index contributed by atoms with van der Waals surface area (Å²) < 4.78 is 24.1. The molecule has 0 aliphatic heterocycles. The van der Waals surface area contributed by atoms with Crippen LogP contribution in [0.2, 0.25) is 5.02 Å². The lowest BCUT2D eigenvalue weighted by Crippen LogP contribution is -1.91. The molecule has 2 aromatic carbocycles. The van der Waals surface area contributed by atoms with Gasteiger partial charge in [-0.15, -0.1) is 0 Å². The fourth-order valence-corrected chi connectivity index (χ4v) is 1.93. The number of ether oxygens (including phenoxy) is 2. The molecule has 0 N–H and O–H groups in total. The largest absolute Gasteiger partial charge is 0.497 e. The van der Waals surface area contributed by atoms with Crippen LogP contribution in [0.5, 0.6) is 11.5 Å². The smallest absolute Gasteiger partial charge is 0.132 e. The summed E-state index contributed by atoms with van der Waals surface area (Å²) in [4.78, 5) is 0. The van der Waals surface area contributed by atoms with Crippen LogP contribution in [0.1, 0.15) is 0 Å². The van der Waals surface area contributed by atoms with Crippen LogP contribution in [0.25, 0.3) is 11.1 Å². The molecule has 0 spiro atoms. The van der Waals surface area contributed by atoms with Crippen LogP contribution in [0.4, 0.5) is 4.39 Å². The van der Waals surface area contributed by atoms with E-state index >= 15 is 0 Å². The SMILES string of the molecule is COc1cc(OC)cc(-c2c(Cl)[c]ccc2F)c1. The van der Waals surface area contributed by atoms with Gasteiger partial charge >= 0.3 is 0 Å².